The Morgan fingerprint density at radius 1 is 1.00 bits per heavy atom. The molecular formula is C17H16N4O2. The number of rotatable bonds is 5. The quantitative estimate of drug-likeness (QED) is 0.579. The Labute approximate surface area is 133 Å². The van der Waals surface area contributed by atoms with E-state index in [0.717, 1.165) is 16.5 Å². The van der Waals surface area contributed by atoms with Gasteiger partial charge in [-0.3, -0.25) is 5.43 Å². The Hall–Kier alpha value is -3.15. The van der Waals surface area contributed by atoms with Crippen LogP contribution in [0.4, 0.5) is 5.82 Å². The molecular weight excluding hydrogens is 292 g/mol. The lowest BCUT2D eigenvalue weighted by Gasteiger charge is -2.10. The zero-order chi connectivity index (χ0) is 16.1. The van der Waals surface area contributed by atoms with Gasteiger partial charge in [0.05, 0.1) is 26.0 Å². The van der Waals surface area contributed by atoms with Crippen molar-refractivity contribution in [3.05, 3.63) is 54.4 Å². The van der Waals surface area contributed by atoms with Gasteiger partial charge in [0.25, 0.3) is 0 Å². The zero-order valence-electron chi connectivity index (χ0n) is 12.9. The molecule has 1 heterocycles. The van der Waals surface area contributed by atoms with Crippen molar-refractivity contribution in [1.82, 2.24) is 9.97 Å². The zero-order valence-corrected chi connectivity index (χ0v) is 12.9. The van der Waals surface area contributed by atoms with Crippen molar-refractivity contribution in [3.8, 4) is 11.5 Å². The average Bonchev–Trinajstić information content (AvgIpc) is 2.61. The maximum absolute atomic E-state index is 5.33. The Balaban J connectivity index is 1.93. The summed E-state index contributed by atoms with van der Waals surface area (Å²) in [5.41, 5.74) is 4.69. The van der Waals surface area contributed by atoms with Crippen molar-refractivity contribution >= 4 is 22.9 Å². The monoisotopic (exact) mass is 308 g/mol. The number of methoxy groups -OCH3 is 2. The predicted octanol–water partition coefficient (Wildman–Crippen LogP) is 3.09. The molecule has 0 fully saturated rings. The van der Waals surface area contributed by atoms with E-state index in [4.69, 9.17) is 9.47 Å². The molecule has 1 N–H and O–H groups in total. The molecule has 0 aliphatic carbocycles. The van der Waals surface area contributed by atoms with Crippen LogP contribution in [0.3, 0.4) is 0 Å². The summed E-state index contributed by atoms with van der Waals surface area (Å²) in [5, 5.41) is 5.02. The number of anilines is 1. The second-order valence-corrected chi connectivity index (χ2v) is 4.73. The molecule has 0 saturated carbocycles. The van der Waals surface area contributed by atoms with Crippen LogP contribution in [0.5, 0.6) is 11.5 Å². The fourth-order valence-electron chi connectivity index (χ4n) is 2.18. The SMILES string of the molecule is COc1cc2ncnc(N/N=C/c3ccccc3)c2cc1OC. The minimum atomic E-state index is 0.600. The fraction of sp³-hybridized carbons (Fsp3) is 0.118. The molecule has 0 spiro atoms. The highest BCUT2D eigenvalue weighted by molar-refractivity contribution is 5.92. The van der Waals surface area contributed by atoms with Crippen LogP contribution >= 0.6 is 0 Å². The maximum atomic E-state index is 5.33. The molecule has 0 atom stereocenters. The Morgan fingerprint density at radius 2 is 1.74 bits per heavy atom. The molecule has 3 rings (SSSR count). The molecule has 3 aromatic rings. The normalized spacial score (nSPS) is 10.9. The van der Waals surface area contributed by atoms with E-state index in [1.54, 1.807) is 20.4 Å². The molecule has 23 heavy (non-hydrogen) atoms. The number of hydrogen-bond acceptors (Lipinski definition) is 6. The first kappa shape index (κ1) is 14.8. The average molecular weight is 308 g/mol. The number of ether oxygens (including phenoxy) is 2. The third kappa shape index (κ3) is 3.21. The number of benzene rings is 2. The number of nitrogens with zero attached hydrogens (tertiary/aromatic N) is 3. The number of nitrogens with one attached hydrogen (secondary N) is 1. The van der Waals surface area contributed by atoms with Crippen molar-refractivity contribution < 1.29 is 9.47 Å². The molecule has 6 heteroatoms. The Morgan fingerprint density at radius 3 is 2.48 bits per heavy atom. The van der Waals surface area contributed by atoms with Gasteiger partial charge in [0.1, 0.15) is 6.33 Å². The third-order valence-electron chi connectivity index (χ3n) is 3.32. The largest absolute Gasteiger partial charge is 0.493 e. The van der Waals surface area contributed by atoms with E-state index in [1.165, 1.54) is 6.33 Å². The summed E-state index contributed by atoms with van der Waals surface area (Å²) in [6.07, 6.45) is 3.21. The van der Waals surface area contributed by atoms with Crippen molar-refractivity contribution in [1.29, 1.82) is 0 Å². The predicted molar refractivity (Wildman–Crippen MR) is 90.3 cm³/mol. The van der Waals surface area contributed by atoms with Gasteiger partial charge in [0.15, 0.2) is 17.3 Å². The molecule has 0 aliphatic rings. The summed E-state index contributed by atoms with van der Waals surface area (Å²) in [6.45, 7) is 0. The summed E-state index contributed by atoms with van der Waals surface area (Å²) in [5.74, 6) is 1.84. The van der Waals surface area contributed by atoms with Gasteiger partial charge in [-0.25, -0.2) is 9.97 Å². The highest BCUT2D eigenvalue weighted by atomic mass is 16.5. The lowest BCUT2D eigenvalue weighted by Crippen LogP contribution is -1.97. The third-order valence-corrected chi connectivity index (χ3v) is 3.32. The summed E-state index contributed by atoms with van der Waals surface area (Å²) in [4.78, 5) is 8.49. The minimum absolute atomic E-state index is 0.600. The van der Waals surface area contributed by atoms with E-state index in [0.29, 0.717) is 17.3 Å². The smallest absolute Gasteiger partial charge is 0.162 e. The number of aromatic nitrogens is 2. The minimum Gasteiger partial charge on any atom is -0.493 e. The number of hydrogen-bond donors (Lipinski definition) is 1. The first-order valence-corrected chi connectivity index (χ1v) is 7.02. The molecule has 0 aliphatic heterocycles. The van der Waals surface area contributed by atoms with Gasteiger partial charge < -0.3 is 9.47 Å². The molecule has 0 amide bonds. The van der Waals surface area contributed by atoms with Crippen LogP contribution in [0.25, 0.3) is 10.9 Å². The van der Waals surface area contributed by atoms with Crippen molar-refractivity contribution in [2.45, 2.75) is 0 Å². The van der Waals surface area contributed by atoms with E-state index in [2.05, 4.69) is 20.5 Å². The van der Waals surface area contributed by atoms with E-state index in [-0.39, 0.29) is 0 Å². The van der Waals surface area contributed by atoms with Crippen molar-refractivity contribution in [3.63, 3.8) is 0 Å². The second-order valence-electron chi connectivity index (χ2n) is 4.73. The van der Waals surface area contributed by atoms with Gasteiger partial charge in [-0.05, 0) is 11.6 Å². The van der Waals surface area contributed by atoms with Crippen LogP contribution in [-0.2, 0) is 0 Å². The second kappa shape index (κ2) is 6.74. The van der Waals surface area contributed by atoms with Gasteiger partial charge in [0.2, 0.25) is 0 Å². The van der Waals surface area contributed by atoms with Crippen LogP contribution < -0.4 is 14.9 Å². The molecule has 2 aromatic carbocycles. The molecule has 0 bridgehead atoms. The summed E-state index contributed by atoms with van der Waals surface area (Å²) < 4.78 is 10.6. The summed E-state index contributed by atoms with van der Waals surface area (Å²) in [6, 6.07) is 13.4. The van der Waals surface area contributed by atoms with Gasteiger partial charge in [0, 0.05) is 11.5 Å². The molecule has 116 valence electrons. The van der Waals surface area contributed by atoms with Crippen LogP contribution in [0, 0.1) is 0 Å². The van der Waals surface area contributed by atoms with E-state index in [9.17, 15) is 0 Å². The first-order chi connectivity index (χ1) is 11.3. The van der Waals surface area contributed by atoms with E-state index in [1.807, 2.05) is 42.5 Å². The Kier molecular flexibility index (Phi) is 4.33. The van der Waals surface area contributed by atoms with Crippen LogP contribution in [0.2, 0.25) is 0 Å². The topological polar surface area (TPSA) is 68.6 Å². The van der Waals surface area contributed by atoms with Crippen LogP contribution in [0.15, 0.2) is 53.9 Å². The van der Waals surface area contributed by atoms with Crippen LogP contribution in [0.1, 0.15) is 5.56 Å². The number of hydrazone groups is 1. The van der Waals surface area contributed by atoms with Crippen molar-refractivity contribution in [2.24, 2.45) is 5.10 Å². The maximum Gasteiger partial charge on any atom is 0.162 e. The molecule has 0 unspecified atom stereocenters. The lowest BCUT2D eigenvalue weighted by atomic mass is 10.2. The first-order valence-electron chi connectivity index (χ1n) is 7.02. The van der Waals surface area contributed by atoms with Crippen molar-refractivity contribution in [2.75, 3.05) is 19.6 Å². The molecule has 1 aromatic heterocycles. The summed E-state index contributed by atoms with van der Waals surface area (Å²) >= 11 is 0. The van der Waals surface area contributed by atoms with Gasteiger partial charge >= 0.3 is 0 Å². The fourth-order valence-corrected chi connectivity index (χ4v) is 2.18. The summed E-state index contributed by atoms with van der Waals surface area (Å²) in [7, 11) is 3.18. The highest BCUT2D eigenvalue weighted by Gasteiger charge is 2.10. The van der Waals surface area contributed by atoms with Gasteiger partial charge in [-0.15, -0.1) is 0 Å². The van der Waals surface area contributed by atoms with E-state index >= 15 is 0 Å². The van der Waals surface area contributed by atoms with Gasteiger partial charge in [-0.1, -0.05) is 30.3 Å². The molecule has 0 saturated heterocycles. The van der Waals surface area contributed by atoms with Crippen LogP contribution in [-0.4, -0.2) is 30.4 Å². The van der Waals surface area contributed by atoms with E-state index < -0.39 is 0 Å². The standard InChI is InChI=1S/C17H16N4O2/c1-22-15-8-13-14(9-16(15)23-2)18-11-19-17(13)21-20-10-12-6-4-3-5-7-12/h3-11H,1-2H3,(H,18,19,21)/b20-10+. The highest BCUT2D eigenvalue weighted by Crippen LogP contribution is 2.33. The molecule has 6 nitrogen and oxygen atoms in total. The molecule has 0 radical (unpaired) electrons. The lowest BCUT2D eigenvalue weighted by molar-refractivity contribution is 0.356. The van der Waals surface area contributed by atoms with Gasteiger partial charge in [-0.2, -0.15) is 5.10 Å². The Bertz CT molecular complexity index is 835. The number of fused-ring (bicyclic) bond motifs is 1.